The maximum atomic E-state index is 13.8. The van der Waals surface area contributed by atoms with Gasteiger partial charge in [-0.1, -0.05) is 36.4 Å². The van der Waals surface area contributed by atoms with Crippen molar-refractivity contribution < 1.29 is 33.3 Å². The van der Waals surface area contributed by atoms with E-state index in [1.54, 1.807) is 46.9 Å². The van der Waals surface area contributed by atoms with Crippen molar-refractivity contribution >= 4 is 28.7 Å². The van der Waals surface area contributed by atoms with Crippen LogP contribution in [-0.2, 0) is 23.9 Å². The van der Waals surface area contributed by atoms with Crippen LogP contribution in [0.1, 0.15) is 47.0 Å². The lowest BCUT2D eigenvalue weighted by atomic mass is 9.94. The second-order valence-electron chi connectivity index (χ2n) is 12.3. The average Bonchev–Trinajstić information content (AvgIpc) is 3.55. The van der Waals surface area contributed by atoms with E-state index in [-0.39, 0.29) is 25.4 Å². The van der Waals surface area contributed by atoms with Crippen molar-refractivity contribution in [1.29, 1.82) is 0 Å². The highest BCUT2D eigenvalue weighted by Gasteiger charge is 2.62. The largest absolute Gasteiger partial charge is 0.497 e. The van der Waals surface area contributed by atoms with Gasteiger partial charge in [0.25, 0.3) is 0 Å². The van der Waals surface area contributed by atoms with E-state index in [4.69, 9.17) is 28.9 Å². The van der Waals surface area contributed by atoms with Crippen molar-refractivity contribution in [2.75, 3.05) is 13.7 Å². The third kappa shape index (κ3) is 6.39. The van der Waals surface area contributed by atoms with Gasteiger partial charge < -0.3 is 24.3 Å². The summed E-state index contributed by atoms with van der Waals surface area (Å²) in [5.41, 5.74) is -0.494. The molecule has 5 rings (SSSR count). The summed E-state index contributed by atoms with van der Waals surface area (Å²) in [6.45, 7) is 11.0. The minimum atomic E-state index is -1.18. The van der Waals surface area contributed by atoms with Gasteiger partial charge in [0.15, 0.2) is 5.82 Å². The zero-order valence-electron chi connectivity index (χ0n) is 25.8. The van der Waals surface area contributed by atoms with E-state index in [1.807, 2.05) is 42.5 Å². The van der Waals surface area contributed by atoms with Gasteiger partial charge in [-0.05, 0) is 59.1 Å². The Morgan fingerprint density at radius 3 is 2.43 bits per heavy atom. The van der Waals surface area contributed by atoms with Crippen LogP contribution in [0.3, 0.4) is 0 Å². The Labute approximate surface area is 257 Å². The molecule has 0 radical (unpaired) electrons. The monoisotopic (exact) mass is 601 g/mol. The summed E-state index contributed by atoms with van der Waals surface area (Å²) in [6, 6.07) is 15.0. The van der Waals surface area contributed by atoms with Crippen LogP contribution in [0.4, 0.5) is 0 Å². The first-order valence-corrected chi connectivity index (χ1v) is 14.9. The van der Waals surface area contributed by atoms with E-state index >= 15 is 0 Å². The van der Waals surface area contributed by atoms with Crippen molar-refractivity contribution in [1.82, 2.24) is 15.3 Å². The lowest BCUT2D eigenvalue weighted by Crippen LogP contribution is -2.49. The molecule has 2 saturated carbocycles. The van der Waals surface area contributed by atoms with E-state index in [1.165, 1.54) is 0 Å². The second-order valence-corrected chi connectivity index (χ2v) is 12.3. The van der Waals surface area contributed by atoms with Gasteiger partial charge in [-0.15, -0.1) is 6.58 Å². The molecule has 44 heavy (non-hydrogen) atoms. The smallest absolute Gasteiger partial charge is 0.332 e. The molecule has 0 bridgehead atoms. The summed E-state index contributed by atoms with van der Waals surface area (Å²) in [6.07, 6.45) is 1.94. The van der Waals surface area contributed by atoms with Crippen molar-refractivity contribution in [2.45, 2.75) is 64.2 Å². The number of ether oxygens (including phenoxy) is 4. The SMILES string of the molecule is C=CC1CC1(NC(=O)C1CC(Oc2nc(-c3ccccc3)nc3cc(OC)ccc23)CC1C(=O)OC(C)(C)C)C(=O)OCC. The minimum absolute atomic E-state index is 0.184. The van der Waals surface area contributed by atoms with Gasteiger partial charge in [-0.25, -0.2) is 9.78 Å². The van der Waals surface area contributed by atoms with Crippen molar-refractivity contribution in [3.8, 4) is 23.0 Å². The van der Waals surface area contributed by atoms with Crippen LogP contribution in [-0.4, -0.2) is 58.8 Å². The molecule has 1 amide bonds. The molecule has 2 aliphatic rings. The maximum absolute atomic E-state index is 13.8. The number of benzene rings is 2. The topological polar surface area (TPSA) is 126 Å². The zero-order chi connectivity index (χ0) is 31.6. The standard InChI is InChI=1S/C34H39N3O7/c1-7-21-19-34(21,32(40)42-8-2)37-29(38)25-16-23(17-26(25)31(39)44-33(3,4)5)43-30-24-15-14-22(41-6)18-27(24)35-28(36-30)20-12-10-9-11-13-20/h7,9-15,18,21,23,25-26H,1,8,16-17,19H2,2-6H3,(H,37,38). The van der Waals surface area contributed by atoms with Gasteiger partial charge in [0.05, 0.1) is 36.5 Å². The molecule has 2 aliphatic carbocycles. The Balaban J connectivity index is 1.46. The summed E-state index contributed by atoms with van der Waals surface area (Å²) in [4.78, 5) is 49.6. The van der Waals surface area contributed by atoms with Gasteiger partial charge >= 0.3 is 11.9 Å². The summed E-state index contributed by atoms with van der Waals surface area (Å²) in [5.74, 6) is -1.82. The Bertz CT molecular complexity index is 1570. The number of amides is 1. The molecule has 0 saturated heterocycles. The molecular formula is C34H39N3O7. The molecule has 0 aliphatic heterocycles. The predicted octanol–water partition coefficient (Wildman–Crippen LogP) is 5.04. The highest BCUT2D eigenvalue weighted by molar-refractivity contribution is 5.94. The van der Waals surface area contributed by atoms with E-state index in [9.17, 15) is 14.4 Å². The number of rotatable bonds is 10. The number of aromatic nitrogens is 2. The van der Waals surface area contributed by atoms with Gasteiger partial charge in [0.1, 0.15) is 23.0 Å². The van der Waals surface area contributed by atoms with Crippen LogP contribution in [0.25, 0.3) is 22.3 Å². The first kappa shape index (κ1) is 31.0. The number of carbonyl (C=O) groups excluding carboxylic acids is 3. The van der Waals surface area contributed by atoms with Crippen LogP contribution in [0.5, 0.6) is 11.6 Å². The number of nitrogens with zero attached hydrogens (tertiary/aromatic N) is 2. The number of esters is 2. The third-order valence-corrected chi connectivity index (χ3v) is 8.03. The Morgan fingerprint density at radius 2 is 1.80 bits per heavy atom. The van der Waals surface area contributed by atoms with E-state index in [2.05, 4.69) is 11.9 Å². The van der Waals surface area contributed by atoms with Crippen molar-refractivity contribution in [2.24, 2.45) is 17.8 Å². The number of carbonyl (C=O) groups is 3. The first-order chi connectivity index (χ1) is 21.0. The molecule has 1 aromatic heterocycles. The summed E-state index contributed by atoms with van der Waals surface area (Å²) >= 11 is 0. The average molecular weight is 602 g/mol. The normalized spacial score (nSPS) is 24.3. The van der Waals surface area contributed by atoms with E-state index < -0.39 is 46.9 Å². The minimum Gasteiger partial charge on any atom is -0.497 e. The highest BCUT2D eigenvalue weighted by atomic mass is 16.6. The van der Waals surface area contributed by atoms with Gasteiger partial charge in [-0.2, -0.15) is 4.98 Å². The summed E-state index contributed by atoms with van der Waals surface area (Å²) < 4.78 is 22.9. The molecule has 0 spiro atoms. The number of methoxy groups -OCH3 is 1. The lowest BCUT2D eigenvalue weighted by Gasteiger charge is -2.25. The van der Waals surface area contributed by atoms with E-state index in [0.717, 1.165) is 5.56 Å². The van der Waals surface area contributed by atoms with Gasteiger partial charge in [0, 0.05) is 17.5 Å². The Morgan fingerprint density at radius 1 is 1.07 bits per heavy atom. The van der Waals surface area contributed by atoms with Gasteiger partial charge in [0.2, 0.25) is 11.8 Å². The molecule has 2 aromatic carbocycles. The highest BCUT2D eigenvalue weighted by Crippen LogP contribution is 2.47. The van der Waals surface area contributed by atoms with Crippen molar-refractivity contribution in [3.63, 3.8) is 0 Å². The Hall–Kier alpha value is -4.47. The number of nitrogens with one attached hydrogen (secondary N) is 1. The molecule has 5 unspecified atom stereocenters. The number of fused-ring (bicyclic) bond motifs is 1. The summed E-state index contributed by atoms with van der Waals surface area (Å²) in [7, 11) is 1.59. The quantitative estimate of drug-likeness (QED) is 0.251. The van der Waals surface area contributed by atoms with Crippen LogP contribution in [0, 0.1) is 17.8 Å². The fraction of sp³-hybridized carbons (Fsp3) is 0.441. The fourth-order valence-corrected chi connectivity index (χ4v) is 5.76. The molecular weight excluding hydrogens is 562 g/mol. The van der Waals surface area contributed by atoms with Crippen LogP contribution in [0.15, 0.2) is 61.2 Å². The molecule has 3 aromatic rings. The lowest BCUT2D eigenvalue weighted by molar-refractivity contribution is -0.163. The molecule has 10 heteroatoms. The third-order valence-electron chi connectivity index (χ3n) is 8.03. The fourth-order valence-electron chi connectivity index (χ4n) is 5.76. The van der Waals surface area contributed by atoms with Crippen molar-refractivity contribution in [3.05, 3.63) is 61.2 Å². The first-order valence-electron chi connectivity index (χ1n) is 14.9. The molecule has 10 nitrogen and oxygen atoms in total. The molecule has 2 fully saturated rings. The number of hydrogen-bond acceptors (Lipinski definition) is 9. The zero-order valence-corrected chi connectivity index (χ0v) is 25.8. The second kappa shape index (κ2) is 12.3. The summed E-state index contributed by atoms with van der Waals surface area (Å²) in [5, 5.41) is 3.58. The number of hydrogen-bond donors (Lipinski definition) is 1. The van der Waals surface area contributed by atoms with Gasteiger partial charge in [-0.3, -0.25) is 9.59 Å². The predicted molar refractivity (Wildman–Crippen MR) is 164 cm³/mol. The van der Waals surface area contributed by atoms with Crippen LogP contribution >= 0.6 is 0 Å². The van der Waals surface area contributed by atoms with E-state index in [0.29, 0.717) is 34.8 Å². The Kier molecular flexibility index (Phi) is 8.63. The molecule has 232 valence electrons. The molecule has 5 atom stereocenters. The van der Waals surface area contributed by atoms with Crippen LogP contribution < -0.4 is 14.8 Å². The molecule has 1 heterocycles. The molecule has 1 N–H and O–H groups in total. The maximum Gasteiger partial charge on any atom is 0.332 e. The van der Waals surface area contributed by atoms with Crippen LogP contribution in [0.2, 0.25) is 0 Å².